The molecule has 98 valence electrons. The highest BCUT2D eigenvalue weighted by molar-refractivity contribution is 6.04. The molecule has 0 aliphatic carbocycles. The van der Waals surface area contributed by atoms with Gasteiger partial charge in [0.05, 0.1) is 11.9 Å². The summed E-state index contributed by atoms with van der Waals surface area (Å²) in [6.45, 7) is 0. The summed E-state index contributed by atoms with van der Waals surface area (Å²) in [6.07, 6.45) is 0.834. The first kappa shape index (κ1) is 12.9. The van der Waals surface area contributed by atoms with Gasteiger partial charge in [-0.05, 0) is 24.3 Å². The van der Waals surface area contributed by atoms with Crippen LogP contribution >= 0.6 is 0 Å². The van der Waals surface area contributed by atoms with Crippen LogP contribution in [0, 0.1) is 17.5 Å². The van der Waals surface area contributed by atoms with Crippen molar-refractivity contribution < 1.29 is 18.0 Å². The van der Waals surface area contributed by atoms with Crippen LogP contribution < -0.4 is 11.1 Å². The van der Waals surface area contributed by atoms with Crippen LogP contribution in [0.1, 0.15) is 10.5 Å². The van der Waals surface area contributed by atoms with Crippen molar-refractivity contribution in [3.63, 3.8) is 0 Å². The molecule has 0 bridgehead atoms. The first-order chi connectivity index (χ1) is 8.99. The summed E-state index contributed by atoms with van der Waals surface area (Å²) in [4.78, 5) is 15.2. The third-order valence-corrected chi connectivity index (χ3v) is 2.33. The number of pyridine rings is 1. The number of nitrogens with zero attached hydrogens (tertiary/aromatic N) is 1. The molecule has 0 radical (unpaired) electrons. The summed E-state index contributed by atoms with van der Waals surface area (Å²) in [5, 5.41) is 2.09. The standard InChI is InChI=1S/C12H8F3N3O/c13-6-1-4-9(17-5-6)12(19)18-11-8(16)3-2-7(14)10(11)15/h1-5H,16H2,(H,18,19). The smallest absolute Gasteiger partial charge is 0.274 e. The molecule has 0 aliphatic rings. The van der Waals surface area contributed by atoms with Crippen LogP contribution in [-0.4, -0.2) is 10.9 Å². The predicted molar refractivity (Wildman–Crippen MR) is 62.9 cm³/mol. The lowest BCUT2D eigenvalue weighted by Crippen LogP contribution is -2.16. The van der Waals surface area contributed by atoms with Crippen LogP contribution in [0.4, 0.5) is 24.5 Å². The van der Waals surface area contributed by atoms with Crippen molar-refractivity contribution in [2.45, 2.75) is 0 Å². The Kier molecular flexibility index (Phi) is 3.37. The Bertz CT molecular complexity index is 629. The molecule has 19 heavy (non-hydrogen) atoms. The van der Waals surface area contributed by atoms with Gasteiger partial charge in [0, 0.05) is 0 Å². The Morgan fingerprint density at radius 1 is 1.16 bits per heavy atom. The lowest BCUT2D eigenvalue weighted by molar-refractivity contribution is 0.102. The van der Waals surface area contributed by atoms with Crippen LogP contribution in [0.15, 0.2) is 30.5 Å². The zero-order valence-corrected chi connectivity index (χ0v) is 9.45. The van der Waals surface area contributed by atoms with E-state index in [1.54, 1.807) is 0 Å². The SMILES string of the molecule is Nc1ccc(F)c(F)c1NC(=O)c1ccc(F)cn1. The molecule has 1 aromatic heterocycles. The van der Waals surface area contributed by atoms with Crippen LogP contribution in [-0.2, 0) is 0 Å². The maximum Gasteiger partial charge on any atom is 0.274 e. The Morgan fingerprint density at radius 3 is 2.53 bits per heavy atom. The summed E-state index contributed by atoms with van der Waals surface area (Å²) in [5.74, 6) is -3.85. The van der Waals surface area contributed by atoms with Crippen molar-refractivity contribution in [3.8, 4) is 0 Å². The Labute approximate surface area is 106 Å². The number of nitrogens with two attached hydrogens (primary N) is 1. The topological polar surface area (TPSA) is 68.0 Å². The molecule has 1 aromatic carbocycles. The maximum atomic E-state index is 13.5. The molecule has 3 N–H and O–H groups in total. The number of nitrogen functional groups attached to an aromatic ring is 1. The van der Waals surface area contributed by atoms with Gasteiger partial charge in [0.25, 0.3) is 5.91 Å². The fraction of sp³-hybridized carbons (Fsp3) is 0. The number of carbonyl (C=O) groups is 1. The average Bonchev–Trinajstić information content (AvgIpc) is 2.40. The van der Waals surface area contributed by atoms with Gasteiger partial charge in [-0.2, -0.15) is 0 Å². The van der Waals surface area contributed by atoms with Gasteiger partial charge in [-0.25, -0.2) is 18.2 Å². The molecule has 0 atom stereocenters. The van der Waals surface area contributed by atoms with Gasteiger partial charge in [-0.1, -0.05) is 0 Å². The van der Waals surface area contributed by atoms with E-state index in [0.717, 1.165) is 30.5 Å². The highest BCUT2D eigenvalue weighted by Crippen LogP contribution is 2.24. The molecule has 0 spiro atoms. The first-order valence-electron chi connectivity index (χ1n) is 5.15. The molecular weight excluding hydrogens is 259 g/mol. The molecule has 0 unspecified atom stereocenters. The van der Waals surface area contributed by atoms with Crippen molar-refractivity contribution in [1.29, 1.82) is 0 Å². The number of rotatable bonds is 2. The van der Waals surface area contributed by atoms with Crippen LogP contribution in [0.25, 0.3) is 0 Å². The van der Waals surface area contributed by atoms with Crippen LogP contribution in [0.5, 0.6) is 0 Å². The van der Waals surface area contributed by atoms with Gasteiger partial charge in [0.2, 0.25) is 0 Å². The molecule has 0 saturated carbocycles. The van der Waals surface area contributed by atoms with Gasteiger partial charge in [0.15, 0.2) is 11.6 Å². The van der Waals surface area contributed by atoms with Crippen molar-refractivity contribution in [2.75, 3.05) is 11.1 Å². The van der Waals surface area contributed by atoms with E-state index in [4.69, 9.17) is 5.73 Å². The van der Waals surface area contributed by atoms with Crippen molar-refractivity contribution in [3.05, 3.63) is 53.6 Å². The minimum Gasteiger partial charge on any atom is -0.397 e. The third kappa shape index (κ3) is 2.65. The minimum atomic E-state index is -1.27. The molecule has 0 fully saturated rings. The summed E-state index contributed by atoms with van der Waals surface area (Å²) >= 11 is 0. The summed E-state index contributed by atoms with van der Waals surface area (Å²) < 4.78 is 39.1. The number of halogens is 3. The fourth-order valence-electron chi connectivity index (χ4n) is 1.38. The van der Waals surface area contributed by atoms with Gasteiger partial charge in [0.1, 0.15) is 17.2 Å². The van der Waals surface area contributed by atoms with Gasteiger partial charge >= 0.3 is 0 Å². The van der Waals surface area contributed by atoms with Crippen LogP contribution in [0.3, 0.4) is 0 Å². The first-order valence-corrected chi connectivity index (χ1v) is 5.15. The predicted octanol–water partition coefficient (Wildman–Crippen LogP) is 2.33. The van der Waals surface area contributed by atoms with Gasteiger partial charge in [-0.3, -0.25) is 4.79 Å². The minimum absolute atomic E-state index is 0.130. The summed E-state index contributed by atoms with van der Waals surface area (Å²) in [5.41, 5.74) is 4.68. The molecule has 0 saturated heterocycles. The summed E-state index contributed by atoms with van der Waals surface area (Å²) in [7, 11) is 0. The molecule has 7 heteroatoms. The zero-order chi connectivity index (χ0) is 14.0. The largest absolute Gasteiger partial charge is 0.397 e. The van der Waals surface area contributed by atoms with Gasteiger partial charge in [-0.15, -0.1) is 0 Å². The Morgan fingerprint density at radius 2 is 1.89 bits per heavy atom. The highest BCUT2D eigenvalue weighted by atomic mass is 19.2. The van der Waals surface area contributed by atoms with Crippen molar-refractivity contribution >= 4 is 17.3 Å². The number of anilines is 2. The monoisotopic (exact) mass is 267 g/mol. The molecule has 0 aliphatic heterocycles. The third-order valence-electron chi connectivity index (χ3n) is 2.33. The normalized spacial score (nSPS) is 10.3. The van der Waals surface area contributed by atoms with E-state index >= 15 is 0 Å². The fourth-order valence-corrected chi connectivity index (χ4v) is 1.38. The lowest BCUT2D eigenvalue weighted by atomic mass is 10.2. The quantitative estimate of drug-likeness (QED) is 0.820. The molecule has 4 nitrogen and oxygen atoms in total. The van der Waals surface area contributed by atoms with Gasteiger partial charge < -0.3 is 11.1 Å². The lowest BCUT2D eigenvalue weighted by Gasteiger charge is -2.09. The number of nitrogens with one attached hydrogen (secondary N) is 1. The molecule has 2 aromatic rings. The second-order valence-electron chi connectivity index (χ2n) is 3.64. The summed E-state index contributed by atoms with van der Waals surface area (Å²) in [6, 6.07) is 4.09. The van der Waals surface area contributed by atoms with E-state index in [1.807, 2.05) is 0 Å². The number of carbonyl (C=O) groups excluding carboxylic acids is 1. The van der Waals surface area contributed by atoms with E-state index in [0.29, 0.717) is 0 Å². The highest BCUT2D eigenvalue weighted by Gasteiger charge is 2.16. The second kappa shape index (κ2) is 4.97. The molecule has 1 heterocycles. The number of hydrogen-bond acceptors (Lipinski definition) is 3. The number of aromatic nitrogens is 1. The molecule has 2 rings (SSSR count). The van der Waals surface area contributed by atoms with Crippen molar-refractivity contribution in [1.82, 2.24) is 4.98 Å². The van der Waals surface area contributed by atoms with E-state index in [2.05, 4.69) is 10.3 Å². The van der Waals surface area contributed by atoms with E-state index in [-0.39, 0.29) is 11.4 Å². The van der Waals surface area contributed by atoms with E-state index in [1.165, 1.54) is 0 Å². The average molecular weight is 267 g/mol. The molecular formula is C12H8F3N3O. The van der Waals surface area contributed by atoms with E-state index in [9.17, 15) is 18.0 Å². The molecule has 1 amide bonds. The van der Waals surface area contributed by atoms with E-state index < -0.39 is 29.0 Å². The second-order valence-corrected chi connectivity index (χ2v) is 3.64. The Hall–Kier alpha value is -2.57. The zero-order valence-electron chi connectivity index (χ0n) is 9.45. The maximum absolute atomic E-state index is 13.5. The van der Waals surface area contributed by atoms with Crippen molar-refractivity contribution in [2.24, 2.45) is 0 Å². The number of hydrogen-bond donors (Lipinski definition) is 2. The van der Waals surface area contributed by atoms with Crippen LogP contribution in [0.2, 0.25) is 0 Å². The Balaban J connectivity index is 2.29. The number of benzene rings is 1. The number of amides is 1.